The van der Waals surface area contributed by atoms with Gasteiger partial charge in [0.2, 0.25) is 11.8 Å². The van der Waals surface area contributed by atoms with E-state index in [9.17, 15) is 9.59 Å². The van der Waals surface area contributed by atoms with Gasteiger partial charge in [-0.2, -0.15) is 11.8 Å². The zero-order chi connectivity index (χ0) is 12.5. The maximum Gasteiger partial charge on any atom is 0.248 e. The number of rotatable bonds is 5. The fourth-order valence-corrected chi connectivity index (χ4v) is 3.03. The second kappa shape index (κ2) is 4.88. The van der Waals surface area contributed by atoms with Crippen LogP contribution in [0.3, 0.4) is 0 Å². The highest BCUT2D eigenvalue weighted by molar-refractivity contribution is 7.99. The Balaban J connectivity index is 2.01. The van der Waals surface area contributed by atoms with Gasteiger partial charge < -0.3 is 10.2 Å². The molecule has 1 aliphatic heterocycles. The molecule has 2 fully saturated rings. The molecular weight excluding hydrogens is 236 g/mol. The van der Waals surface area contributed by atoms with Crippen LogP contribution >= 0.6 is 11.8 Å². The van der Waals surface area contributed by atoms with Crippen LogP contribution in [0.4, 0.5) is 0 Å². The summed E-state index contributed by atoms with van der Waals surface area (Å²) < 4.78 is 0. The van der Waals surface area contributed by atoms with Gasteiger partial charge in [0.15, 0.2) is 0 Å². The number of piperazine rings is 1. The Morgan fingerprint density at radius 3 is 2.76 bits per heavy atom. The largest absolute Gasteiger partial charge is 0.340 e. The van der Waals surface area contributed by atoms with Gasteiger partial charge in [0.1, 0.15) is 5.54 Å². The SMILES string of the molecule is CCSCCN1CC(=O)NC(C)(C2CC2)C1=O. The minimum atomic E-state index is -0.633. The van der Waals surface area contributed by atoms with Crippen molar-refractivity contribution >= 4 is 23.6 Å². The average Bonchev–Trinajstić information content (AvgIpc) is 3.09. The lowest BCUT2D eigenvalue weighted by atomic mass is 9.91. The second-order valence-corrected chi connectivity index (χ2v) is 6.34. The van der Waals surface area contributed by atoms with Crippen LogP contribution in [-0.4, -0.2) is 46.8 Å². The highest BCUT2D eigenvalue weighted by atomic mass is 32.2. The maximum absolute atomic E-state index is 12.4. The first-order valence-electron chi connectivity index (χ1n) is 6.26. The normalized spacial score (nSPS) is 29.4. The maximum atomic E-state index is 12.4. The van der Waals surface area contributed by atoms with Gasteiger partial charge in [-0.05, 0) is 31.4 Å². The number of nitrogens with one attached hydrogen (secondary N) is 1. The van der Waals surface area contributed by atoms with Crippen molar-refractivity contribution in [2.45, 2.75) is 32.2 Å². The molecule has 0 spiro atoms. The number of hydrogen-bond acceptors (Lipinski definition) is 3. The Morgan fingerprint density at radius 2 is 2.18 bits per heavy atom. The number of hydrogen-bond donors (Lipinski definition) is 1. The van der Waals surface area contributed by atoms with Crippen molar-refractivity contribution in [2.24, 2.45) is 5.92 Å². The van der Waals surface area contributed by atoms with E-state index in [0.717, 1.165) is 24.3 Å². The van der Waals surface area contributed by atoms with Gasteiger partial charge >= 0.3 is 0 Å². The molecule has 17 heavy (non-hydrogen) atoms. The highest BCUT2D eigenvalue weighted by Gasteiger charge is 2.52. The Morgan fingerprint density at radius 1 is 1.47 bits per heavy atom. The monoisotopic (exact) mass is 256 g/mol. The van der Waals surface area contributed by atoms with E-state index in [2.05, 4.69) is 12.2 Å². The summed E-state index contributed by atoms with van der Waals surface area (Å²) in [7, 11) is 0. The van der Waals surface area contributed by atoms with E-state index >= 15 is 0 Å². The van der Waals surface area contributed by atoms with Crippen molar-refractivity contribution < 1.29 is 9.59 Å². The lowest BCUT2D eigenvalue weighted by Crippen LogP contribution is -2.66. The molecule has 0 aromatic heterocycles. The van der Waals surface area contributed by atoms with Gasteiger partial charge in [0.05, 0.1) is 6.54 Å². The van der Waals surface area contributed by atoms with Crippen LogP contribution < -0.4 is 5.32 Å². The van der Waals surface area contributed by atoms with E-state index in [1.54, 1.807) is 16.7 Å². The molecule has 0 radical (unpaired) electrons. The zero-order valence-corrected chi connectivity index (χ0v) is 11.3. The van der Waals surface area contributed by atoms with Crippen LogP contribution in [0, 0.1) is 5.92 Å². The quantitative estimate of drug-likeness (QED) is 0.743. The predicted octanol–water partition coefficient (Wildman–Crippen LogP) is 0.867. The Bertz CT molecular complexity index is 330. The van der Waals surface area contributed by atoms with Crippen LogP contribution in [0.1, 0.15) is 26.7 Å². The van der Waals surface area contributed by atoms with Gasteiger partial charge in [-0.15, -0.1) is 0 Å². The van der Waals surface area contributed by atoms with Gasteiger partial charge in [-0.1, -0.05) is 6.92 Å². The van der Waals surface area contributed by atoms with Crippen LogP contribution in [0.25, 0.3) is 0 Å². The minimum absolute atomic E-state index is 0.0134. The topological polar surface area (TPSA) is 49.4 Å². The Kier molecular flexibility index (Phi) is 3.66. The van der Waals surface area contributed by atoms with Gasteiger partial charge in [-0.25, -0.2) is 0 Å². The molecule has 1 atom stereocenters. The Hall–Kier alpha value is -0.710. The number of amides is 2. The van der Waals surface area contributed by atoms with Gasteiger partial charge in [0, 0.05) is 12.3 Å². The van der Waals surface area contributed by atoms with Gasteiger partial charge in [0.25, 0.3) is 0 Å². The molecule has 2 amide bonds. The molecule has 0 aromatic rings. The van der Waals surface area contributed by atoms with Crippen molar-refractivity contribution in [3.63, 3.8) is 0 Å². The molecule has 0 aromatic carbocycles. The molecule has 1 unspecified atom stereocenters. The fraction of sp³-hybridized carbons (Fsp3) is 0.833. The molecule has 1 aliphatic carbocycles. The summed E-state index contributed by atoms with van der Waals surface area (Å²) in [6, 6.07) is 0. The standard InChI is InChI=1S/C12H20N2O2S/c1-3-17-7-6-14-8-10(15)13-12(2,11(14)16)9-4-5-9/h9H,3-8H2,1-2H3,(H,13,15). The minimum Gasteiger partial charge on any atom is -0.340 e. The smallest absolute Gasteiger partial charge is 0.248 e. The fourth-order valence-electron chi connectivity index (χ4n) is 2.39. The van der Waals surface area contributed by atoms with Crippen LogP contribution in [0.5, 0.6) is 0 Å². The number of nitrogens with zero attached hydrogens (tertiary/aromatic N) is 1. The van der Waals surface area contributed by atoms with Crippen LogP contribution in [0.2, 0.25) is 0 Å². The third-order valence-corrected chi connectivity index (χ3v) is 4.45. The molecular formula is C12H20N2O2S. The molecule has 2 rings (SSSR count). The first-order valence-corrected chi connectivity index (χ1v) is 7.41. The molecule has 2 aliphatic rings. The molecule has 1 saturated heterocycles. The summed E-state index contributed by atoms with van der Waals surface area (Å²) in [5.74, 6) is 2.40. The summed E-state index contributed by atoms with van der Waals surface area (Å²) in [4.78, 5) is 25.8. The number of carbonyl (C=O) groups excluding carboxylic acids is 2. The lowest BCUT2D eigenvalue weighted by molar-refractivity contribution is -0.149. The zero-order valence-electron chi connectivity index (χ0n) is 10.5. The van der Waals surface area contributed by atoms with Crippen LogP contribution in [-0.2, 0) is 9.59 Å². The van der Waals surface area contributed by atoms with Gasteiger partial charge in [-0.3, -0.25) is 9.59 Å². The van der Waals surface area contributed by atoms with E-state index in [1.165, 1.54) is 0 Å². The summed E-state index contributed by atoms with van der Waals surface area (Å²) in [5.41, 5.74) is -0.633. The van der Waals surface area contributed by atoms with Crippen molar-refractivity contribution in [1.29, 1.82) is 0 Å². The molecule has 4 nitrogen and oxygen atoms in total. The van der Waals surface area contributed by atoms with Crippen molar-refractivity contribution in [3.05, 3.63) is 0 Å². The lowest BCUT2D eigenvalue weighted by Gasteiger charge is -2.40. The van der Waals surface area contributed by atoms with E-state index < -0.39 is 5.54 Å². The van der Waals surface area contributed by atoms with Crippen molar-refractivity contribution in [2.75, 3.05) is 24.6 Å². The first kappa shape index (κ1) is 12.7. The van der Waals surface area contributed by atoms with Crippen LogP contribution in [0.15, 0.2) is 0 Å². The summed E-state index contributed by atoms with van der Waals surface area (Å²) in [6.45, 7) is 4.90. The molecule has 5 heteroatoms. The van der Waals surface area contributed by atoms with E-state index in [1.807, 2.05) is 6.92 Å². The molecule has 1 N–H and O–H groups in total. The van der Waals surface area contributed by atoms with Crippen molar-refractivity contribution in [1.82, 2.24) is 10.2 Å². The van der Waals surface area contributed by atoms with E-state index in [0.29, 0.717) is 12.5 Å². The second-order valence-electron chi connectivity index (χ2n) is 4.95. The molecule has 0 bridgehead atoms. The molecule has 1 saturated carbocycles. The highest BCUT2D eigenvalue weighted by Crippen LogP contribution is 2.41. The molecule has 1 heterocycles. The Labute approximate surface area is 106 Å². The summed E-state index contributed by atoms with van der Waals surface area (Å²) in [5, 5.41) is 2.89. The number of carbonyl (C=O) groups is 2. The third kappa shape index (κ3) is 2.59. The third-order valence-electron chi connectivity index (χ3n) is 3.57. The number of thioether (sulfide) groups is 1. The van der Waals surface area contributed by atoms with E-state index in [-0.39, 0.29) is 18.4 Å². The summed E-state index contributed by atoms with van der Waals surface area (Å²) >= 11 is 1.80. The molecule has 96 valence electrons. The first-order chi connectivity index (χ1) is 8.08. The average molecular weight is 256 g/mol. The van der Waals surface area contributed by atoms with Crippen molar-refractivity contribution in [3.8, 4) is 0 Å². The summed E-state index contributed by atoms with van der Waals surface area (Å²) in [6.07, 6.45) is 2.11. The van der Waals surface area contributed by atoms with E-state index in [4.69, 9.17) is 0 Å². The predicted molar refractivity (Wildman–Crippen MR) is 68.9 cm³/mol.